The molecule has 0 spiro atoms. The molecule has 0 saturated carbocycles. The van der Waals surface area contributed by atoms with Gasteiger partial charge in [0.2, 0.25) is 5.91 Å². The predicted octanol–water partition coefficient (Wildman–Crippen LogP) is 2.34. The van der Waals surface area contributed by atoms with Gasteiger partial charge in [-0.15, -0.1) is 0 Å². The number of carbonyl (C=O) groups is 1. The lowest BCUT2D eigenvalue weighted by molar-refractivity contribution is -0.130. The van der Waals surface area contributed by atoms with Crippen LogP contribution in [0.3, 0.4) is 0 Å². The molecule has 0 unspecified atom stereocenters. The molecule has 3 heterocycles. The van der Waals surface area contributed by atoms with Crippen LogP contribution in [0.15, 0.2) is 16.8 Å². The number of likely N-dealkylation sites (tertiary alicyclic amines) is 1. The molecule has 0 aliphatic carbocycles. The lowest BCUT2D eigenvalue weighted by Gasteiger charge is -2.16. The molecule has 6 heteroatoms. The van der Waals surface area contributed by atoms with Crippen LogP contribution in [0.2, 0.25) is 0 Å². The Kier molecular flexibility index (Phi) is 4.41. The van der Waals surface area contributed by atoms with E-state index in [1.807, 2.05) is 31.7 Å². The Labute approximate surface area is 135 Å². The van der Waals surface area contributed by atoms with E-state index in [4.69, 9.17) is 4.52 Å². The molecule has 2 aromatic heterocycles. The summed E-state index contributed by atoms with van der Waals surface area (Å²) in [6, 6.07) is 1.89. The van der Waals surface area contributed by atoms with Gasteiger partial charge in [0, 0.05) is 42.9 Å². The van der Waals surface area contributed by atoms with Gasteiger partial charge < -0.3 is 9.42 Å². The number of nitrogens with zero attached hydrogens (tertiary/aromatic N) is 4. The van der Waals surface area contributed by atoms with Gasteiger partial charge >= 0.3 is 0 Å². The van der Waals surface area contributed by atoms with Gasteiger partial charge in [-0.25, -0.2) is 9.97 Å². The van der Waals surface area contributed by atoms with Crippen LogP contribution in [0.25, 0.3) is 0 Å². The third kappa shape index (κ3) is 3.41. The van der Waals surface area contributed by atoms with Crippen molar-refractivity contribution in [2.75, 3.05) is 13.1 Å². The molecule has 23 heavy (non-hydrogen) atoms. The SMILES string of the molecule is Cc1ccnc([C@@H]2CCN(C(=O)CCc3c(C)noc3C)C2)n1. The van der Waals surface area contributed by atoms with Crippen molar-refractivity contribution >= 4 is 5.91 Å². The van der Waals surface area contributed by atoms with Crippen LogP contribution in [-0.4, -0.2) is 39.0 Å². The molecule has 2 aromatic rings. The first-order chi connectivity index (χ1) is 11.0. The maximum Gasteiger partial charge on any atom is 0.222 e. The summed E-state index contributed by atoms with van der Waals surface area (Å²) in [5, 5.41) is 3.94. The summed E-state index contributed by atoms with van der Waals surface area (Å²) in [5.41, 5.74) is 2.90. The third-order valence-corrected chi connectivity index (χ3v) is 4.49. The molecule has 0 aromatic carbocycles. The summed E-state index contributed by atoms with van der Waals surface area (Å²) in [5.74, 6) is 2.09. The molecule has 1 amide bonds. The number of aryl methyl sites for hydroxylation is 3. The second kappa shape index (κ2) is 6.48. The van der Waals surface area contributed by atoms with Crippen LogP contribution >= 0.6 is 0 Å². The zero-order chi connectivity index (χ0) is 16.4. The number of rotatable bonds is 4. The monoisotopic (exact) mass is 314 g/mol. The molecule has 1 saturated heterocycles. The van der Waals surface area contributed by atoms with Gasteiger partial charge in [0.1, 0.15) is 11.6 Å². The van der Waals surface area contributed by atoms with E-state index in [1.165, 1.54) is 0 Å². The van der Waals surface area contributed by atoms with Gasteiger partial charge in [-0.2, -0.15) is 0 Å². The van der Waals surface area contributed by atoms with E-state index in [-0.39, 0.29) is 11.8 Å². The molecule has 1 aliphatic heterocycles. The van der Waals surface area contributed by atoms with E-state index in [9.17, 15) is 4.79 Å². The van der Waals surface area contributed by atoms with E-state index in [2.05, 4.69) is 15.1 Å². The van der Waals surface area contributed by atoms with Gasteiger partial charge in [0.15, 0.2) is 0 Å². The van der Waals surface area contributed by atoms with E-state index in [0.29, 0.717) is 19.4 Å². The molecule has 0 radical (unpaired) electrons. The molecular weight excluding hydrogens is 292 g/mol. The van der Waals surface area contributed by atoms with Crippen molar-refractivity contribution < 1.29 is 9.32 Å². The number of amides is 1. The van der Waals surface area contributed by atoms with Crippen molar-refractivity contribution in [2.24, 2.45) is 0 Å². The van der Waals surface area contributed by atoms with Crippen LogP contribution in [0.4, 0.5) is 0 Å². The number of aromatic nitrogens is 3. The van der Waals surface area contributed by atoms with Gasteiger partial charge in [-0.1, -0.05) is 5.16 Å². The van der Waals surface area contributed by atoms with Crippen LogP contribution in [0.5, 0.6) is 0 Å². The Hall–Kier alpha value is -2.24. The average Bonchev–Trinajstić information content (AvgIpc) is 3.13. The Morgan fingerprint density at radius 3 is 2.91 bits per heavy atom. The van der Waals surface area contributed by atoms with Crippen LogP contribution in [0.1, 0.15) is 47.3 Å². The summed E-state index contributed by atoms with van der Waals surface area (Å²) >= 11 is 0. The van der Waals surface area contributed by atoms with Crippen LogP contribution in [-0.2, 0) is 11.2 Å². The van der Waals surface area contributed by atoms with Gasteiger partial charge in [0.25, 0.3) is 0 Å². The zero-order valence-corrected chi connectivity index (χ0v) is 13.9. The molecule has 6 nitrogen and oxygen atoms in total. The van der Waals surface area contributed by atoms with E-state index >= 15 is 0 Å². The highest BCUT2D eigenvalue weighted by Crippen LogP contribution is 2.25. The van der Waals surface area contributed by atoms with Crippen molar-refractivity contribution in [1.29, 1.82) is 0 Å². The lowest BCUT2D eigenvalue weighted by Crippen LogP contribution is -2.28. The maximum absolute atomic E-state index is 12.4. The largest absolute Gasteiger partial charge is 0.361 e. The van der Waals surface area contributed by atoms with Crippen LogP contribution < -0.4 is 0 Å². The topological polar surface area (TPSA) is 72.1 Å². The minimum Gasteiger partial charge on any atom is -0.361 e. The summed E-state index contributed by atoms with van der Waals surface area (Å²) < 4.78 is 5.15. The average molecular weight is 314 g/mol. The molecule has 1 aliphatic rings. The van der Waals surface area contributed by atoms with Crippen molar-refractivity contribution in [3.8, 4) is 0 Å². The fraction of sp³-hybridized carbons (Fsp3) is 0.529. The highest BCUT2D eigenvalue weighted by atomic mass is 16.5. The third-order valence-electron chi connectivity index (χ3n) is 4.49. The first-order valence-corrected chi connectivity index (χ1v) is 8.03. The van der Waals surface area contributed by atoms with Gasteiger partial charge in [-0.3, -0.25) is 4.79 Å². The second-order valence-electron chi connectivity index (χ2n) is 6.18. The number of carbonyl (C=O) groups excluding carboxylic acids is 1. The molecule has 1 fully saturated rings. The Bertz CT molecular complexity index is 691. The van der Waals surface area contributed by atoms with Crippen molar-refractivity contribution in [3.05, 3.63) is 40.8 Å². The normalized spacial score (nSPS) is 17.7. The summed E-state index contributed by atoms with van der Waals surface area (Å²) in [6.07, 6.45) is 3.90. The highest BCUT2D eigenvalue weighted by Gasteiger charge is 2.29. The zero-order valence-electron chi connectivity index (χ0n) is 13.9. The van der Waals surface area contributed by atoms with Crippen molar-refractivity contribution in [1.82, 2.24) is 20.0 Å². The minimum absolute atomic E-state index is 0.181. The molecule has 3 rings (SSSR count). The Balaban J connectivity index is 1.57. The second-order valence-corrected chi connectivity index (χ2v) is 6.18. The summed E-state index contributed by atoms with van der Waals surface area (Å²) in [6.45, 7) is 7.26. The first kappa shape index (κ1) is 15.6. The van der Waals surface area contributed by atoms with Crippen LogP contribution in [0, 0.1) is 20.8 Å². The lowest BCUT2D eigenvalue weighted by atomic mass is 10.1. The molecular formula is C17H22N4O2. The molecule has 0 N–H and O–H groups in total. The number of hydrogen-bond acceptors (Lipinski definition) is 5. The smallest absolute Gasteiger partial charge is 0.222 e. The minimum atomic E-state index is 0.181. The highest BCUT2D eigenvalue weighted by molar-refractivity contribution is 5.77. The molecule has 1 atom stereocenters. The van der Waals surface area contributed by atoms with E-state index < -0.39 is 0 Å². The predicted molar refractivity (Wildman–Crippen MR) is 85.0 cm³/mol. The maximum atomic E-state index is 12.4. The fourth-order valence-electron chi connectivity index (χ4n) is 3.11. The molecule has 122 valence electrons. The number of hydrogen-bond donors (Lipinski definition) is 0. The fourth-order valence-corrected chi connectivity index (χ4v) is 3.11. The molecule has 0 bridgehead atoms. The van der Waals surface area contributed by atoms with E-state index in [0.717, 1.165) is 41.5 Å². The van der Waals surface area contributed by atoms with Gasteiger partial charge in [0.05, 0.1) is 5.69 Å². The van der Waals surface area contributed by atoms with E-state index in [1.54, 1.807) is 6.20 Å². The summed E-state index contributed by atoms with van der Waals surface area (Å²) in [7, 11) is 0. The Morgan fingerprint density at radius 1 is 1.39 bits per heavy atom. The summed E-state index contributed by atoms with van der Waals surface area (Å²) in [4.78, 5) is 23.2. The van der Waals surface area contributed by atoms with Crippen molar-refractivity contribution in [3.63, 3.8) is 0 Å². The quantitative estimate of drug-likeness (QED) is 0.866. The first-order valence-electron chi connectivity index (χ1n) is 8.03. The van der Waals surface area contributed by atoms with Crippen molar-refractivity contribution in [2.45, 2.75) is 46.0 Å². The van der Waals surface area contributed by atoms with Gasteiger partial charge in [-0.05, 0) is 39.7 Å². The standard InChI is InChI=1S/C17H22N4O2/c1-11-6-8-18-17(19-11)14-7-9-21(10-14)16(22)5-4-15-12(2)20-23-13(15)3/h6,8,14H,4-5,7,9-10H2,1-3H3/t14-/m1/s1. The Morgan fingerprint density at radius 2 is 2.22 bits per heavy atom.